The Kier molecular flexibility index (Phi) is 2.95. The third-order valence-corrected chi connectivity index (χ3v) is 2.77. The van der Waals surface area contributed by atoms with Gasteiger partial charge in [0.2, 0.25) is 5.91 Å². The summed E-state index contributed by atoms with van der Waals surface area (Å²) in [5, 5.41) is 6.13. The van der Waals surface area contributed by atoms with E-state index in [1.165, 1.54) is 5.56 Å². The number of rotatable bonds is 2. The standard InChI is InChI=1S/C13H16N2O/c1-9-3-5-11(6-4-9)15-12-7-8-13(16)14-10(12)2/h3-6,12,15H,2,7-8H2,1H3,(H,14,16). The van der Waals surface area contributed by atoms with Crippen LogP contribution in [0.5, 0.6) is 0 Å². The van der Waals surface area contributed by atoms with E-state index < -0.39 is 0 Å². The van der Waals surface area contributed by atoms with Crippen LogP contribution in [-0.4, -0.2) is 11.9 Å². The Balaban J connectivity index is 2.02. The zero-order chi connectivity index (χ0) is 11.5. The highest BCUT2D eigenvalue weighted by molar-refractivity contribution is 5.79. The molecule has 2 N–H and O–H groups in total. The molecule has 16 heavy (non-hydrogen) atoms. The minimum atomic E-state index is 0.0620. The van der Waals surface area contributed by atoms with Crippen LogP contribution < -0.4 is 10.6 Å². The van der Waals surface area contributed by atoms with Crippen molar-refractivity contribution in [2.24, 2.45) is 0 Å². The van der Waals surface area contributed by atoms with Gasteiger partial charge in [-0.1, -0.05) is 24.3 Å². The lowest BCUT2D eigenvalue weighted by atomic mass is 10.0. The average molecular weight is 216 g/mol. The number of carbonyl (C=O) groups excluding carboxylic acids is 1. The van der Waals surface area contributed by atoms with Crippen molar-refractivity contribution in [2.75, 3.05) is 5.32 Å². The van der Waals surface area contributed by atoms with Gasteiger partial charge in [0.05, 0.1) is 6.04 Å². The van der Waals surface area contributed by atoms with Gasteiger partial charge in [-0.25, -0.2) is 0 Å². The van der Waals surface area contributed by atoms with Crippen LogP contribution in [0.25, 0.3) is 0 Å². The van der Waals surface area contributed by atoms with E-state index in [1.807, 2.05) is 12.1 Å². The Labute approximate surface area is 95.6 Å². The summed E-state index contributed by atoms with van der Waals surface area (Å²) in [5.41, 5.74) is 3.06. The summed E-state index contributed by atoms with van der Waals surface area (Å²) in [4.78, 5) is 11.1. The fourth-order valence-electron chi connectivity index (χ4n) is 1.79. The summed E-state index contributed by atoms with van der Waals surface area (Å²) >= 11 is 0. The van der Waals surface area contributed by atoms with Crippen molar-refractivity contribution < 1.29 is 4.79 Å². The predicted octanol–water partition coefficient (Wildman–Crippen LogP) is 2.20. The number of anilines is 1. The first kappa shape index (κ1) is 10.7. The molecule has 0 saturated carbocycles. The molecule has 84 valence electrons. The van der Waals surface area contributed by atoms with Crippen LogP contribution >= 0.6 is 0 Å². The molecular weight excluding hydrogens is 200 g/mol. The summed E-state index contributed by atoms with van der Waals surface area (Å²) in [6, 6.07) is 8.34. The molecule has 0 radical (unpaired) electrons. The molecule has 3 nitrogen and oxygen atoms in total. The van der Waals surface area contributed by atoms with Crippen LogP contribution in [-0.2, 0) is 4.79 Å². The lowest BCUT2D eigenvalue weighted by Gasteiger charge is -2.26. The van der Waals surface area contributed by atoms with E-state index in [4.69, 9.17) is 0 Å². The van der Waals surface area contributed by atoms with E-state index in [0.717, 1.165) is 17.8 Å². The molecule has 1 fully saturated rings. The lowest BCUT2D eigenvalue weighted by molar-refractivity contribution is -0.121. The fraction of sp³-hybridized carbons (Fsp3) is 0.308. The van der Waals surface area contributed by atoms with Crippen LogP contribution in [0.2, 0.25) is 0 Å². The normalized spacial score (nSPS) is 20.4. The molecule has 1 aliphatic heterocycles. The molecule has 1 atom stereocenters. The van der Waals surface area contributed by atoms with E-state index >= 15 is 0 Å². The quantitative estimate of drug-likeness (QED) is 0.795. The molecule has 0 bridgehead atoms. The molecule has 1 amide bonds. The van der Waals surface area contributed by atoms with Crippen LogP contribution in [0, 0.1) is 6.92 Å². The van der Waals surface area contributed by atoms with Gasteiger partial charge in [-0.05, 0) is 25.5 Å². The molecule has 0 aromatic heterocycles. The Hall–Kier alpha value is -1.77. The number of carbonyl (C=O) groups is 1. The Morgan fingerprint density at radius 3 is 2.69 bits per heavy atom. The third-order valence-electron chi connectivity index (χ3n) is 2.77. The van der Waals surface area contributed by atoms with Gasteiger partial charge < -0.3 is 10.6 Å². The minimum absolute atomic E-state index is 0.0620. The van der Waals surface area contributed by atoms with Gasteiger partial charge in [0, 0.05) is 17.8 Å². The third kappa shape index (κ3) is 2.42. The highest BCUT2D eigenvalue weighted by Crippen LogP contribution is 2.18. The van der Waals surface area contributed by atoms with E-state index in [9.17, 15) is 4.79 Å². The highest BCUT2D eigenvalue weighted by atomic mass is 16.1. The second-order valence-electron chi connectivity index (χ2n) is 4.18. The van der Waals surface area contributed by atoms with Crippen molar-refractivity contribution in [3.05, 3.63) is 42.1 Å². The molecule has 1 aromatic carbocycles. The number of nitrogens with one attached hydrogen (secondary N) is 2. The average Bonchev–Trinajstić information content (AvgIpc) is 2.25. The zero-order valence-corrected chi connectivity index (χ0v) is 9.42. The molecule has 0 aliphatic carbocycles. The maximum atomic E-state index is 11.1. The largest absolute Gasteiger partial charge is 0.377 e. The maximum absolute atomic E-state index is 11.1. The molecule has 1 aromatic rings. The van der Waals surface area contributed by atoms with Crippen molar-refractivity contribution in [1.29, 1.82) is 0 Å². The molecule has 0 spiro atoms. The number of hydrogen-bond donors (Lipinski definition) is 2. The summed E-state index contributed by atoms with van der Waals surface area (Å²) in [6.07, 6.45) is 1.36. The lowest BCUT2D eigenvalue weighted by Crippen LogP contribution is -2.39. The fourth-order valence-corrected chi connectivity index (χ4v) is 1.79. The first-order chi connectivity index (χ1) is 7.65. The van der Waals surface area contributed by atoms with E-state index in [0.29, 0.717) is 6.42 Å². The van der Waals surface area contributed by atoms with Gasteiger partial charge in [0.15, 0.2) is 0 Å². The molecule has 3 heteroatoms. The van der Waals surface area contributed by atoms with Crippen LogP contribution in [0.15, 0.2) is 36.5 Å². The van der Waals surface area contributed by atoms with Crippen LogP contribution in [0.4, 0.5) is 5.69 Å². The first-order valence-electron chi connectivity index (χ1n) is 5.47. The smallest absolute Gasteiger partial charge is 0.224 e. The number of hydrogen-bond acceptors (Lipinski definition) is 2. The number of aryl methyl sites for hydroxylation is 1. The summed E-state index contributed by atoms with van der Waals surface area (Å²) in [6.45, 7) is 5.92. The zero-order valence-electron chi connectivity index (χ0n) is 9.42. The summed E-state index contributed by atoms with van der Waals surface area (Å²) < 4.78 is 0. The van der Waals surface area contributed by atoms with Crippen molar-refractivity contribution >= 4 is 11.6 Å². The van der Waals surface area contributed by atoms with Gasteiger partial charge >= 0.3 is 0 Å². The van der Waals surface area contributed by atoms with E-state index in [1.54, 1.807) is 0 Å². The van der Waals surface area contributed by atoms with Crippen molar-refractivity contribution in [1.82, 2.24) is 5.32 Å². The molecule has 2 rings (SSSR count). The minimum Gasteiger partial charge on any atom is -0.377 e. The van der Waals surface area contributed by atoms with Gasteiger partial charge in [0.1, 0.15) is 0 Å². The second kappa shape index (κ2) is 4.39. The van der Waals surface area contributed by atoms with E-state index in [2.05, 4.69) is 36.3 Å². The van der Waals surface area contributed by atoms with Crippen molar-refractivity contribution in [2.45, 2.75) is 25.8 Å². The van der Waals surface area contributed by atoms with Crippen LogP contribution in [0.3, 0.4) is 0 Å². The summed E-state index contributed by atoms with van der Waals surface area (Å²) in [7, 11) is 0. The molecule has 1 saturated heterocycles. The predicted molar refractivity (Wildman–Crippen MR) is 65.1 cm³/mol. The maximum Gasteiger partial charge on any atom is 0.224 e. The van der Waals surface area contributed by atoms with Gasteiger partial charge in [-0.2, -0.15) is 0 Å². The Morgan fingerprint density at radius 1 is 1.38 bits per heavy atom. The Morgan fingerprint density at radius 2 is 2.06 bits per heavy atom. The van der Waals surface area contributed by atoms with Crippen molar-refractivity contribution in [3.8, 4) is 0 Å². The first-order valence-corrected chi connectivity index (χ1v) is 5.47. The second-order valence-corrected chi connectivity index (χ2v) is 4.18. The highest BCUT2D eigenvalue weighted by Gasteiger charge is 2.21. The van der Waals surface area contributed by atoms with Gasteiger partial charge in [-0.3, -0.25) is 4.79 Å². The number of piperidine rings is 1. The van der Waals surface area contributed by atoms with E-state index in [-0.39, 0.29) is 11.9 Å². The topological polar surface area (TPSA) is 41.1 Å². The number of amides is 1. The summed E-state index contributed by atoms with van der Waals surface area (Å²) in [5.74, 6) is 0.0620. The van der Waals surface area contributed by atoms with Gasteiger partial charge in [-0.15, -0.1) is 0 Å². The van der Waals surface area contributed by atoms with Crippen molar-refractivity contribution in [3.63, 3.8) is 0 Å². The number of benzene rings is 1. The molecule has 1 aliphatic rings. The van der Waals surface area contributed by atoms with Crippen LogP contribution in [0.1, 0.15) is 18.4 Å². The molecule has 1 unspecified atom stereocenters. The molecular formula is C13H16N2O. The van der Waals surface area contributed by atoms with Gasteiger partial charge in [0.25, 0.3) is 0 Å². The monoisotopic (exact) mass is 216 g/mol. The SMILES string of the molecule is C=C1NC(=O)CCC1Nc1ccc(C)cc1. The Bertz CT molecular complexity index is 408. The molecule has 1 heterocycles.